The summed E-state index contributed by atoms with van der Waals surface area (Å²) < 4.78 is 18.0. The van der Waals surface area contributed by atoms with Crippen LogP contribution in [0, 0.1) is 0 Å². The summed E-state index contributed by atoms with van der Waals surface area (Å²) in [5.41, 5.74) is 9.75. The molecule has 3 aromatic rings. The van der Waals surface area contributed by atoms with Crippen LogP contribution in [0.5, 0.6) is 17.2 Å². The summed E-state index contributed by atoms with van der Waals surface area (Å²) >= 11 is 0. The number of ether oxygens (including phenoxy) is 3. The van der Waals surface area contributed by atoms with Gasteiger partial charge in [0.15, 0.2) is 18.1 Å². The zero-order valence-electron chi connectivity index (χ0n) is 18.6. The molecule has 0 aliphatic heterocycles. The first-order valence-corrected chi connectivity index (χ1v) is 10.6. The average Bonchev–Trinajstić information content (AvgIpc) is 3.44. The van der Waals surface area contributed by atoms with E-state index < -0.39 is 5.91 Å². The number of carbonyl (C=O) groups excluding carboxylic acids is 2. The van der Waals surface area contributed by atoms with E-state index in [0.717, 1.165) is 30.6 Å². The molecule has 4 rings (SSSR count). The maximum absolute atomic E-state index is 12.9. The fourth-order valence-corrected chi connectivity index (χ4v) is 4.00. The Balaban J connectivity index is 1.54. The highest BCUT2D eigenvalue weighted by Crippen LogP contribution is 2.38. The molecule has 1 aromatic heterocycles. The van der Waals surface area contributed by atoms with Gasteiger partial charge in [0, 0.05) is 11.3 Å². The molecule has 0 unspecified atom stereocenters. The highest BCUT2D eigenvalue weighted by molar-refractivity contribution is 5.95. The van der Waals surface area contributed by atoms with Crippen molar-refractivity contribution in [2.24, 2.45) is 5.73 Å². The number of hydrogen-bond donors (Lipinski definition) is 2. The molecule has 33 heavy (non-hydrogen) atoms. The molecule has 2 aromatic carbocycles. The Labute approximate surface area is 191 Å². The van der Waals surface area contributed by atoms with E-state index in [1.807, 2.05) is 35.0 Å². The number of hydrogen-bond acceptors (Lipinski definition) is 6. The van der Waals surface area contributed by atoms with Crippen LogP contribution in [0.15, 0.2) is 42.5 Å². The molecule has 3 N–H and O–H groups in total. The molecule has 0 atom stereocenters. The van der Waals surface area contributed by atoms with Gasteiger partial charge in [-0.1, -0.05) is 18.2 Å². The summed E-state index contributed by atoms with van der Waals surface area (Å²) in [7, 11) is 2.88. The minimum atomic E-state index is -0.636. The molecule has 0 saturated heterocycles. The first kappa shape index (κ1) is 22.2. The standard InChI is InChI=1S/C24H26N4O5/c1-31-20-11-15(12-21(32-2)23(20)33-14-22(25)29)24(30)26-13-18-17-9-6-10-19(17)28(27-18)16-7-4-3-5-8-16/h3-5,7-8,11-12H,6,9-10,13-14H2,1-2H3,(H2,25,29)(H,26,30). The fourth-order valence-electron chi connectivity index (χ4n) is 4.00. The lowest BCUT2D eigenvalue weighted by Gasteiger charge is -2.15. The number of nitrogens with two attached hydrogens (primary N) is 1. The smallest absolute Gasteiger partial charge is 0.255 e. The number of aromatic nitrogens is 2. The third kappa shape index (κ3) is 4.62. The number of benzene rings is 2. The predicted octanol–water partition coefficient (Wildman–Crippen LogP) is 2.17. The van der Waals surface area contributed by atoms with Crippen LogP contribution in [0.25, 0.3) is 5.69 Å². The van der Waals surface area contributed by atoms with Crippen molar-refractivity contribution in [3.8, 4) is 22.9 Å². The Kier molecular flexibility index (Phi) is 6.48. The minimum Gasteiger partial charge on any atom is -0.493 e. The van der Waals surface area contributed by atoms with Gasteiger partial charge in [0.05, 0.1) is 32.1 Å². The SMILES string of the molecule is COc1cc(C(=O)NCc2nn(-c3ccccc3)c3c2CCC3)cc(OC)c1OCC(N)=O. The predicted molar refractivity (Wildman–Crippen MR) is 121 cm³/mol. The highest BCUT2D eigenvalue weighted by atomic mass is 16.5. The number of rotatable bonds is 9. The Morgan fingerprint density at radius 1 is 1.09 bits per heavy atom. The normalized spacial score (nSPS) is 12.2. The lowest BCUT2D eigenvalue weighted by atomic mass is 10.1. The second-order valence-corrected chi connectivity index (χ2v) is 7.62. The second kappa shape index (κ2) is 9.64. The number of amides is 2. The van der Waals surface area contributed by atoms with Gasteiger partial charge >= 0.3 is 0 Å². The highest BCUT2D eigenvalue weighted by Gasteiger charge is 2.24. The summed E-state index contributed by atoms with van der Waals surface area (Å²) in [5, 5.41) is 7.72. The summed E-state index contributed by atoms with van der Waals surface area (Å²) in [6.45, 7) is -0.0427. The number of carbonyl (C=O) groups is 2. The van der Waals surface area contributed by atoms with Crippen molar-refractivity contribution < 1.29 is 23.8 Å². The molecule has 2 amide bonds. The second-order valence-electron chi connectivity index (χ2n) is 7.62. The van der Waals surface area contributed by atoms with Crippen molar-refractivity contribution in [3.05, 3.63) is 65.0 Å². The van der Waals surface area contributed by atoms with Gasteiger partial charge in [-0.15, -0.1) is 0 Å². The molecule has 172 valence electrons. The molecule has 1 heterocycles. The lowest BCUT2D eigenvalue weighted by molar-refractivity contribution is -0.120. The van der Waals surface area contributed by atoms with E-state index in [9.17, 15) is 9.59 Å². The van der Waals surface area contributed by atoms with Crippen molar-refractivity contribution in [1.29, 1.82) is 0 Å². The average molecular weight is 450 g/mol. The molecular formula is C24H26N4O5. The maximum Gasteiger partial charge on any atom is 0.255 e. The number of nitrogens with one attached hydrogen (secondary N) is 1. The molecule has 9 heteroatoms. The molecule has 1 aliphatic carbocycles. The molecule has 0 saturated carbocycles. The molecule has 0 bridgehead atoms. The third-order valence-corrected chi connectivity index (χ3v) is 5.51. The molecule has 1 aliphatic rings. The van der Waals surface area contributed by atoms with Crippen LogP contribution in [0.2, 0.25) is 0 Å². The van der Waals surface area contributed by atoms with Gasteiger partial charge in [-0.25, -0.2) is 4.68 Å². The zero-order chi connectivity index (χ0) is 23.4. The van der Waals surface area contributed by atoms with Crippen LogP contribution in [0.4, 0.5) is 0 Å². The lowest BCUT2D eigenvalue weighted by Crippen LogP contribution is -2.24. The number of methoxy groups -OCH3 is 2. The number of fused-ring (bicyclic) bond motifs is 1. The van der Waals surface area contributed by atoms with Crippen molar-refractivity contribution in [2.75, 3.05) is 20.8 Å². The number of primary amides is 1. The van der Waals surface area contributed by atoms with E-state index in [2.05, 4.69) is 5.32 Å². The summed E-state index contributed by atoms with van der Waals surface area (Å²) in [5.74, 6) is -0.225. The quantitative estimate of drug-likeness (QED) is 0.516. The first-order valence-electron chi connectivity index (χ1n) is 10.6. The van der Waals surface area contributed by atoms with E-state index >= 15 is 0 Å². The van der Waals surface area contributed by atoms with E-state index in [0.29, 0.717) is 12.1 Å². The molecule has 9 nitrogen and oxygen atoms in total. The third-order valence-electron chi connectivity index (χ3n) is 5.51. The van der Waals surface area contributed by atoms with Gasteiger partial charge in [-0.2, -0.15) is 5.10 Å². The van der Waals surface area contributed by atoms with Gasteiger partial charge < -0.3 is 25.3 Å². The van der Waals surface area contributed by atoms with Gasteiger partial charge in [0.25, 0.3) is 11.8 Å². The largest absolute Gasteiger partial charge is 0.493 e. The van der Waals surface area contributed by atoms with Gasteiger partial charge in [0.2, 0.25) is 5.75 Å². The first-order chi connectivity index (χ1) is 16.0. The van der Waals surface area contributed by atoms with Crippen LogP contribution in [-0.4, -0.2) is 42.4 Å². The van der Waals surface area contributed by atoms with Crippen molar-refractivity contribution in [2.45, 2.75) is 25.8 Å². The fraction of sp³-hybridized carbons (Fsp3) is 0.292. The molecule has 0 radical (unpaired) electrons. The Hall–Kier alpha value is -4.01. The monoisotopic (exact) mass is 450 g/mol. The van der Waals surface area contributed by atoms with E-state index in [1.54, 1.807) is 0 Å². The van der Waals surface area contributed by atoms with E-state index in [1.165, 1.54) is 37.6 Å². The van der Waals surface area contributed by atoms with Gasteiger partial charge in [-0.3, -0.25) is 9.59 Å². The molecule has 0 fully saturated rings. The number of para-hydroxylation sites is 1. The van der Waals surface area contributed by atoms with Crippen LogP contribution in [0.3, 0.4) is 0 Å². The zero-order valence-corrected chi connectivity index (χ0v) is 18.6. The van der Waals surface area contributed by atoms with Gasteiger partial charge in [-0.05, 0) is 49.1 Å². The Morgan fingerprint density at radius 3 is 2.42 bits per heavy atom. The van der Waals surface area contributed by atoms with Crippen molar-refractivity contribution in [3.63, 3.8) is 0 Å². The summed E-state index contributed by atoms with van der Waals surface area (Å²) in [6, 6.07) is 13.0. The Morgan fingerprint density at radius 2 is 1.79 bits per heavy atom. The van der Waals surface area contributed by atoms with Crippen LogP contribution >= 0.6 is 0 Å². The minimum absolute atomic E-state index is 0.203. The van der Waals surface area contributed by atoms with Crippen molar-refractivity contribution in [1.82, 2.24) is 15.1 Å². The topological polar surface area (TPSA) is 118 Å². The van der Waals surface area contributed by atoms with Crippen molar-refractivity contribution >= 4 is 11.8 Å². The van der Waals surface area contributed by atoms with E-state index in [4.69, 9.17) is 25.0 Å². The van der Waals surface area contributed by atoms with Gasteiger partial charge in [0.1, 0.15) is 0 Å². The van der Waals surface area contributed by atoms with Crippen LogP contribution in [-0.2, 0) is 24.2 Å². The molecule has 0 spiro atoms. The van der Waals surface area contributed by atoms with Crippen LogP contribution < -0.4 is 25.3 Å². The Bertz CT molecular complexity index is 1150. The number of nitrogens with zero attached hydrogens (tertiary/aromatic N) is 2. The summed E-state index contributed by atoms with van der Waals surface area (Å²) in [4.78, 5) is 24.0. The maximum atomic E-state index is 12.9. The van der Waals surface area contributed by atoms with E-state index in [-0.39, 0.29) is 29.8 Å². The summed E-state index contributed by atoms with van der Waals surface area (Å²) in [6.07, 6.45) is 2.98. The van der Waals surface area contributed by atoms with Crippen LogP contribution in [0.1, 0.15) is 33.7 Å². The molecular weight excluding hydrogens is 424 g/mol.